The van der Waals surface area contributed by atoms with Crippen molar-refractivity contribution >= 4 is 17.4 Å². The fourth-order valence-corrected chi connectivity index (χ4v) is 1.33. The van der Waals surface area contributed by atoms with E-state index in [4.69, 9.17) is 0 Å². The smallest absolute Gasteiger partial charge is 0.366 e. The Balaban J connectivity index is 2.38. The van der Waals surface area contributed by atoms with E-state index in [1.54, 1.807) is 12.1 Å². The maximum atomic E-state index is 11.0. The van der Waals surface area contributed by atoms with Crippen LogP contribution in [0, 0.1) is 4.91 Å². The molecule has 0 atom stereocenters. The molecule has 0 saturated heterocycles. The van der Waals surface area contributed by atoms with E-state index in [-0.39, 0.29) is 0 Å². The Morgan fingerprint density at radius 2 is 2.23 bits per heavy atom. The molecule has 0 unspecified atom stereocenters. The second-order valence-corrected chi connectivity index (χ2v) is 2.65. The van der Waals surface area contributed by atoms with Crippen LogP contribution in [-0.2, 0) is 0 Å². The zero-order valence-corrected chi connectivity index (χ0v) is 6.73. The summed E-state index contributed by atoms with van der Waals surface area (Å²) in [7, 11) is 0. The summed E-state index contributed by atoms with van der Waals surface area (Å²) in [4.78, 5) is 22.3. The summed E-state index contributed by atoms with van der Waals surface area (Å²) in [5.74, 6) is 0. The maximum Gasteiger partial charge on any atom is 0.387 e. The van der Waals surface area contributed by atoms with Crippen molar-refractivity contribution in [1.29, 1.82) is 0 Å². The average Bonchev–Trinajstić information content (AvgIpc) is 2.60. The number of carbonyl (C=O) groups excluding carboxylic acids is 1. The predicted octanol–water partition coefficient (Wildman–Crippen LogP) is 1.76. The Morgan fingerprint density at radius 3 is 3.00 bits per heavy atom. The first-order chi connectivity index (χ1) is 6.33. The van der Waals surface area contributed by atoms with E-state index in [1.807, 2.05) is 12.1 Å². The van der Waals surface area contributed by atoms with Gasteiger partial charge < -0.3 is 5.32 Å². The number of hydrogen-bond donors (Lipinski definition) is 1. The van der Waals surface area contributed by atoms with Crippen LogP contribution < -0.4 is 10.2 Å². The Bertz CT molecular complexity index is 364. The van der Waals surface area contributed by atoms with Crippen LogP contribution in [0.15, 0.2) is 29.4 Å². The molecule has 66 valence electrons. The van der Waals surface area contributed by atoms with Crippen LogP contribution in [0.2, 0.25) is 0 Å². The van der Waals surface area contributed by atoms with Crippen LogP contribution in [0.5, 0.6) is 0 Å². The lowest BCUT2D eigenvalue weighted by atomic mass is 10.3. The molecule has 5 heteroatoms. The highest BCUT2D eigenvalue weighted by Crippen LogP contribution is 2.30. The third-order valence-corrected chi connectivity index (χ3v) is 1.93. The van der Waals surface area contributed by atoms with Crippen molar-refractivity contribution in [2.45, 2.75) is 0 Å². The topological polar surface area (TPSA) is 61.8 Å². The quantitative estimate of drug-likeness (QED) is 0.614. The maximum absolute atomic E-state index is 11.0. The molecule has 0 aliphatic carbocycles. The molecular weight excluding hydrogens is 170 g/mol. The van der Waals surface area contributed by atoms with Crippen LogP contribution in [0.25, 0.3) is 0 Å². The van der Waals surface area contributed by atoms with Gasteiger partial charge in [0.1, 0.15) is 0 Å². The van der Waals surface area contributed by atoms with E-state index >= 15 is 0 Å². The van der Waals surface area contributed by atoms with Crippen molar-refractivity contribution in [3.05, 3.63) is 29.2 Å². The van der Waals surface area contributed by atoms with Gasteiger partial charge in [0.05, 0.1) is 18.0 Å². The predicted molar refractivity (Wildman–Crippen MR) is 48.6 cm³/mol. The van der Waals surface area contributed by atoms with Gasteiger partial charge in [-0.3, -0.25) is 4.90 Å². The molecule has 1 N–H and O–H groups in total. The van der Waals surface area contributed by atoms with Crippen LogP contribution in [-0.4, -0.2) is 12.7 Å². The number of amides is 2. The van der Waals surface area contributed by atoms with E-state index in [9.17, 15) is 9.70 Å². The molecule has 1 heterocycles. The molecule has 2 amide bonds. The van der Waals surface area contributed by atoms with Gasteiger partial charge in [0.25, 0.3) is 0 Å². The number of rotatable bonds is 0. The minimum Gasteiger partial charge on any atom is -0.366 e. The van der Waals surface area contributed by atoms with Gasteiger partial charge in [-0.25, -0.2) is 4.79 Å². The number of nitrogens with zero attached hydrogens (tertiary/aromatic N) is 2. The molecule has 13 heavy (non-hydrogen) atoms. The molecule has 1 aliphatic rings. The lowest BCUT2D eigenvalue weighted by molar-refractivity contribution is 0.254. The molecule has 0 spiro atoms. The van der Waals surface area contributed by atoms with Crippen LogP contribution in [0.4, 0.5) is 16.2 Å². The highest BCUT2D eigenvalue weighted by molar-refractivity contribution is 5.98. The number of hydrogen-bond acceptors (Lipinski definition) is 3. The van der Waals surface area contributed by atoms with Gasteiger partial charge in [0.2, 0.25) is 0 Å². The van der Waals surface area contributed by atoms with E-state index in [0.717, 1.165) is 5.69 Å². The molecule has 0 bridgehead atoms. The summed E-state index contributed by atoms with van der Waals surface area (Å²) in [6.45, 7) is 0.309. The number of carbonyl (C=O) groups is 1. The summed E-state index contributed by atoms with van der Waals surface area (Å²) >= 11 is 0. The fraction of sp³-hybridized carbons (Fsp3) is 0.125. The van der Waals surface area contributed by atoms with E-state index in [1.165, 1.54) is 4.90 Å². The highest BCUT2D eigenvalue weighted by Gasteiger charge is 2.23. The SMILES string of the molecule is O=NC(=O)N1CNc2ccccc21. The van der Waals surface area contributed by atoms with Crippen molar-refractivity contribution in [2.24, 2.45) is 5.18 Å². The van der Waals surface area contributed by atoms with Crippen LogP contribution >= 0.6 is 0 Å². The molecule has 2 rings (SSSR count). The van der Waals surface area contributed by atoms with E-state index < -0.39 is 6.03 Å². The molecule has 1 aliphatic heterocycles. The highest BCUT2D eigenvalue weighted by atomic mass is 16.3. The standard InChI is InChI=1S/C8H7N3O2/c12-8(10-13)11-5-9-6-3-1-2-4-7(6)11/h1-4,9H,5H2. The first kappa shape index (κ1) is 7.72. The molecule has 0 aromatic heterocycles. The van der Waals surface area contributed by atoms with Gasteiger partial charge in [0, 0.05) is 5.18 Å². The van der Waals surface area contributed by atoms with Crippen molar-refractivity contribution < 1.29 is 4.79 Å². The van der Waals surface area contributed by atoms with Crippen molar-refractivity contribution in [3.63, 3.8) is 0 Å². The van der Waals surface area contributed by atoms with E-state index in [0.29, 0.717) is 12.4 Å². The summed E-state index contributed by atoms with van der Waals surface area (Å²) in [6, 6.07) is 6.49. The summed E-state index contributed by atoms with van der Waals surface area (Å²) in [5.41, 5.74) is 1.55. The van der Waals surface area contributed by atoms with Gasteiger partial charge in [-0.05, 0) is 12.1 Å². The van der Waals surface area contributed by atoms with Crippen LogP contribution in [0.3, 0.4) is 0 Å². The molecule has 1 aromatic rings. The second-order valence-electron chi connectivity index (χ2n) is 2.65. The first-order valence-electron chi connectivity index (χ1n) is 3.80. The average molecular weight is 177 g/mol. The van der Waals surface area contributed by atoms with Gasteiger partial charge in [-0.2, -0.15) is 0 Å². The summed E-state index contributed by atoms with van der Waals surface area (Å²) in [5, 5.41) is 5.34. The minimum atomic E-state index is -0.766. The van der Waals surface area contributed by atoms with Crippen molar-refractivity contribution in [2.75, 3.05) is 16.9 Å². The number of para-hydroxylation sites is 2. The van der Waals surface area contributed by atoms with Crippen molar-refractivity contribution in [1.82, 2.24) is 0 Å². The first-order valence-corrected chi connectivity index (χ1v) is 3.80. The number of nitroso groups, excluding NO2 is 1. The normalized spacial score (nSPS) is 13.4. The monoisotopic (exact) mass is 177 g/mol. The Labute approximate surface area is 74.3 Å². The number of anilines is 2. The number of benzene rings is 1. The van der Waals surface area contributed by atoms with Crippen LogP contribution in [0.1, 0.15) is 0 Å². The molecular formula is C8H7N3O2. The number of fused-ring (bicyclic) bond motifs is 1. The lowest BCUT2D eigenvalue weighted by Gasteiger charge is -2.09. The molecule has 0 fully saturated rings. The molecule has 1 aromatic carbocycles. The van der Waals surface area contributed by atoms with Gasteiger partial charge in [-0.1, -0.05) is 12.1 Å². The summed E-state index contributed by atoms with van der Waals surface area (Å²) < 4.78 is 0. The Morgan fingerprint density at radius 1 is 1.46 bits per heavy atom. The zero-order valence-electron chi connectivity index (χ0n) is 6.73. The largest absolute Gasteiger partial charge is 0.387 e. The Kier molecular flexibility index (Phi) is 1.70. The Hall–Kier alpha value is -1.91. The third kappa shape index (κ3) is 1.14. The number of nitrogens with one attached hydrogen (secondary N) is 1. The second kappa shape index (κ2) is 2.85. The van der Waals surface area contributed by atoms with Gasteiger partial charge in [0.15, 0.2) is 0 Å². The molecule has 5 nitrogen and oxygen atoms in total. The lowest BCUT2D eigenvalue weighted by Crippen LogP contribution is -2.27. The zero-order chi connectivity index (χ0) is 9.26. The summed E-state index contributed by atoms with van der Waals surface area (Å²) in [6.07, 6.45) is 0. The van der Waals surface area contributed by atoms with Crippen molar-refractivity contribution in [3.8, 4) is 0 Å². The minimum absolute atomic E-state index is 0.309. The fourth-order valence-electron chi connectivity index (χ4n) is 1.33. The van der Waals surface area contributed by atoms with Gasteiger partial charge in [-0.15, -0.1) is 4.91 Å². The molecule has 0 radical (unpaired) electrons. The van der Waals surface area contributed by atoms with Gasteiger partial charge >= 0.3 is 6.03 Å². The third-order valence-electron chi connectivity index (χ3n) is 1.93. The number of urea groups is 1. The molecule has 0 saturated carbocycles. The van der Waals surface area contributed by atoms with E-state index in [2.05, 4.69) is 10.5 Å².